The largest absolute Gasteiger partial charge is 0.409 e. The van der Waals surface area contributed by atoms with Crippen LogP contribution in [0.5, 0.6) is 0 Å². The minimum Gasteiger partial charge on any atom is -0.409 e. The first-order chi connectivity index (χ1) is 7.95. The van der Waals surface area contributed by atoms with E-state index in [0.29, 0.717) is 5.03 Å². The highest BCUT2D eigenvalue weighted by Gasteiger charge is 2.19. The number of oxime groups is 1. The Hall–Kier alpha value is -1.83. The summed E-state index contributed by atoms with van der Waals surface area (Å²) in [5.41, 5.74) is 5.41. The molecule has 0 saturated carbocycles. The van der Waals surface area contributed by atoms with Crippen molar-refractivity contribution < 1.29 is 10.1 Å². The van der Waals surface area contributed by atoms with E-state index in [2.05, 4.69) is 10.1 Å². The Bertz CT molecular complexity index is 462. The molecule has 1 rings (SSSR count). The number of nitrogens with zero attached hydrogens (tertiary/aromatic N) is 3. The van der Waals surface area contributed by atoms with Gasteiger partial charge in [0.2, 0.25) is 0 Å². The van der Waals surface area contributed by atoms with Gasteiger partial charge in [-0.15, -0.1) is 0 Å². The molecule has 0 aromatic carbocycles. The van der Waals surface area contributed by atoms with Gasteiger partial charge in [0.1, 0.15) is 0 Å². The normalized spacial score (nSPS) is 11.8. The summed E-state index contributed by atoms with van der Waals surface area (Å²) in [4.78, 5) is 14.3. The van der Waals surface area contributed by atoms with Crippen LogP contribution in [0.25, 0.3) is 0 Å². The molecule has 92 valence electrons. The zero-order valence-electron chi connectivity index (χ0n) is 9.32. The number of thioether (sulfide) groups is 1. The Morgan fingerprint density at radius 2 is 2.35 bits per heavy atom. The van der Waals surface area contributed by atoms with Gasteiger partial charge in [-0.3, -0.25) is 10.1 Å². The van der Waals surface area contributed by atoms with Crippen LogP contribution < -0.4 is 5.73 Å². The molecule has 1 aromatic heterocycles. The van der Waals surface area contributed by atoms with Crippen LogP contribution in [0.15, 0.2) is 22.4 Å². The number of rotatable bonds is 4. The van der Waals surface area contributed by atoms with Gasteiger partial charge < -0.3 is 10.9 Å². The Balaban J connectivity index is 3.22. The van der Waals surface area contributed by atoms with Crippen molar-refractivity contribution in [3.8, 4) is 0 Å². The molecule has 3 N–H and O–H groups in total. The van der Waals surface area contributed by atoms with Gasteiger partial charge in [-0.25, -0.2) is 4.98 Å². The molecule has 1 heterocycles. The van der Waals surface area contributed by atoms with Gasteiger partial charge in [0.05, 0.1) is 4.92 Å². The average Bonchev–Trinajstić information content (AvgIpc) is 2.27. The molecule has 0 aliphatic carbocycles. The Labute approximate surface area is 102 Å². The topological polar surface area (TPSA) is 115 Å². The first kappa shape index (κ1) is 13.2. The summed E-state index contributed by atoms with van der Waals surface area (Å²) >= 11 is 1.29. The van der Waals surface area contributed by atoms with Crippen molar-refractivity contribution in [2.24, 2.45) is 10.9 Å². The predicted octanol–water partition coefficient (Wildman–Crippen LogP) is 1.58. The number of hydrogen-bond acceptors (Lipinski definition) is 6. The minimum atomic E-state index is -0.536. The van der Waals surface area contributed by atoms with Crippen LogP contribution >= 0.6 is 11.8 Å². The predicted molar refractivity (Wildman–Crippen MR) is 64.4 cm³/mol. The number of nitrogens with two attached hydrogens (primary N) is 1. The van der Waals surface area contributed by atoms with Gasteiger partial charge in [-0.2, -0.15) is 0 Å². The first-order valence-corrected chi connectivity index (χ1v) is 5.62. The van der Waals surface area contributed by atoms with E-state index in [1.54, 1.807) is 0 Å². The van der Waals surface area contributed by atoms with E-state index in [1.807, 2.05) is 13.8 Å². The van der Waals surface area contributed by atoms with E-state index in [4.69, 9.17) is 10.9 Å². The van der Waals surface area contributed by atoms with Crippen LogP contribution in [0.1, 0.15) is 19.4 Å². The first-order valence-electron chi connectivity index (χ1n) is 4.74. The zero-order chi connectivity index (χ0) is 13.0. The standard InChI is InChI=1S/C9H12N4O3S/c1-5(2)17-9-7(13(15)16)3-6(4-11-9)8(10)12-14/h3-5,14H,1-2H3,(H2,10,12). The quantitative estimate of drug-likeness (QED) is 0.211. The van der Waals surface area contributed by atoms with E-state index in [9.17, 15) is 10.1 Å². The van der Waals surface area contributed by atoms with Gasteiger partial charge in [0.25, 0.3) is 0 Å². The van der Waals surface area contributed by atoms with Gasteiger partial charge in [-0.1, -0.05) is 30.8 Å². The average molecular weight is 256 g/mol. The van der Waals surface area contributed by atoms with Crippen LogP contribution in [0.2, 0.25) is 0 Å². The highest BCUT2D eigenvalue weighted by atomic mass is 32.2. The smallest absolute Gasteiger partial charge is 0.302 e. The van der Waals surface area contributed by atoms with Gasteiger partial charge in [-0.05, 0) is 0 Å². The number of pyridine rings is 1. The second-order valence-corrected chi connectivity index (χ2v) is 5.02. The SMILES string of the molecule is CC(C)Sc1ncc(C(N)=NO)cc1[N+](=O)[O-]. The van der Waals surface area contributed by atoms with Gasteiger partial charge in [0, 0.05) is 23.1 Å². The van der Waals surface area contributed by atoms with E-state index in [0.717, 1.165) is 0 Å². The third-order valence-electron chi connectivity index (χ3n) is 1.78. The zero-order valence-corrected chi connectivity index (χ0v) is 10.1. The van der Waals surface area contributed by atoms with Crippen LogP contribution in [0.3, 0.4) is 0 Å². The molecule has 0 saturated heterocycles. The maximum absolute atomic E-state index is 10.9. The summed E-state index contributed by atoms with van der Waals surface area (Å²) in [7, 11) is 0. The lowest BCUT2D eigenvalue weighted by molar-refractivity contribution is -0.388. The summed E-state index contributed by atoms with van der Waals surface area (Å²) in [6.45, 7) is 3.82. The molecule has 1 aromatic rings. The maximum atomic E-state index is 10.9. The molecule has 0 spiro atoms. The molecular formula is C9H12N4O3S. The van der Waals surface area contributed by atoms with E-state index in [-0.39, 0.29) is 22.3 Å². The molecule has 7 nitrogen and oxygen atoms in total. The fourth-order valence-electron chi connectivity index (χ4n) is 1.08. The van der Waals surface area contributed by atoms with Crippen LogP contribution in [0, 0.1) is 10.1 Å². The summed E-state index contributed by atoms with van der Waals surface area (Å²) in [5.74, 6) is -0.207. The molecule has 0 bridgehead atoms. The molecule has 0 aliphatic rings. The van der Waals surface area contributed by atoms with Crippen LogP contribution in [-0.2, 0) is 0 Å². The van der Waals surface area contributed by atoms with Crippen molar-refractivity contribution in [2.75, 3.05) is 0 Å². The fourth-order valence-corrected chi connectivity index (χ4v) is 1.90. The van der Waals surface area contributed by atoms with Crippen molar-refractivity contribution in [3.63, 3.8) is 0 Å². The van der Waals surface area contributed by atoms with Crippen molar-refractivity contribution in [3.05, 3.63) is 27.9 Å². The molecular weight excluding hydrogens is 244 g/mol. The second kappa shape index (κ2) is 5.48. The van der Waals surface area contributed by atoms with Crippen LogP contribution in [0.4, 0.5) is 5.69 Å². The number of aromatic nitrogens is 1. The molecule has 0 fully saturated rings. The monoisotopic (exact) mass is 256 g/mol. The molecule has 0 amide bonds. The number of amidine groups is 1. The Morgan fingerprint density at radius 3 is 2.82 bits per heavy atom. The Kier molecular flexibility index (Phi) is 4.27. The van der Waals surface area contributed by atoms with Gasteiger partial charge >= 0.3 is 5.69 Å². The highest BCUT2D eigenvalue weighted by molar-refractivity contribution is 7.99. The summed E-state index contributed by atoms with van der Waals surface area (Å²) < 4.78 is 0. The van der Waals surface area contributed by atoms with E-state index in [1.165, 1.54) is 24.0 Å². The third-order valence-corrected chi connectivity index (χ3v) is 2.79. The lowest BCUT2D eigenvalue weighted by Crippen LogP contribution is -2.14. The van der Waals surface area contributed by atoms with Crippen molar-refractivity contribution in [1.82, 2.24) is 4.98 Å². The summed E-state index contributed by atoms with van der Waals surface area (Å²) in [5, 5.41) is 22.6. The third kappa shape index (κ3) is 3.31. The van der Waals surface area contributed by atoms with Crippen molar-refractivity contribution >= 4 is 23.3 Å². The molecule has 8 heteroatoms. The fraction of sp³-hybridized carbons (Fsp3) is 0.333. The second-order valence-electron chi connectivity index (χ2n) is 3.46. The lowest BCUT2D eigenvalue weighted by atomic mass is 10.2. The Morgan fingerprint density at radius 1 is 1.71 bits per heavy atom. The number of hydrogen-bond donors (Lipinski definition) is 2. The maximum Gasteiger partial charge on any atom is 0.302 e. The molecule has 0 atom stereocenters. The lowest BCUT2D eigenvalue weighted by Gasteiger charge is -2.05. The summed E-state index contributed by atoms with van der Waals surface area (Å²) in [6.07, 6.45) is 1.34. The molecule has 17 heavy (non-hydrogen) atoms. The van der Waals surface area contributed by atoms with Crippen LogP contribution in [-0.4, -0.2) is 26.2 Å². The van der Waals surface area contributed by atoms with Gasteiger partial charge in [0.15, 0.2) is 10.9 Å². The minimum absolute atomic E-state index is 0.146. The van der Waals surface area contributed by atoms with E-state index >= 15 is 0 Å². The van der Waals surface area contributed by atoms with Crippen molar-refractivity contribution in [1.29, 1.82) is 0 Å². The summed E-state index contributed by atoms with van der Waals surface area (Å²) in [6, 6.07) is 1.24. The molecule has 0 aliphatic heterocycles. The number of nitro groups is 1. The van der Waals surface area contributed by atoms with E-state index < -0.39 is 4.92 Å². The molecule has 0 unspecified atom stereocenters. The highest BCUT2D eigenvalue weighted by Crippen LogP contribution is 2.30. The van der Waals surface area contributed by atoms with Crippen molar-refractivity contribution in [2.45, 2.75) is 24.1 Å². The molecule has 0 radical (unpaired) electrons.